The lowest BCUT2D eigenvalue weighted by Gasteiger charge is -2.41. The van der Waals surface area contributed by atoms with Gasteiger partial charge in [-0.05, 0) is 42.5 Å². The van der Waals surface area contributed by atoms with Crippen LogP contribution in [0.1, 0.15) is 54.1 Å². The van der Waals surface area contributed by atoms with Gasteiger partial charge in [0, 0.05) is 91.1 Å². The molecule has 0 aliphatic carbocycles. The van der Waals surface area contributed by atoms with Gasteiger partial charge in [0.15, 0.2) is 11.2 Å². The summed E-state index contributed by atoms with van der Waals surface area (Å²) >= 11 is 0. The molecule has 46 heavy (non-hydrogen) atoms. The molecular formula is C38H28N2O6. The van der Waals surface area contributed by atoms with E-state index in [0.717, 1.165) is 11.4 Å². The number of esters is 2. The number of anilines is 2. The first-order chi connectivity index (χ1) is 22.2. The van der Waals surface area contributed by atoms with Crippen LogP contribution in [-0.4, -0.2) is 40.1 Å². The van der Waals surface area contributed by atoms with Crippen LogP contribution in [0.4, 0.5) is 11.4 Å². The number of carbonyl (C=O) groups is 2. The van der Waals surface area contributed by atoms with Crippen LogP contribution in [0.25, 0.3) is 0 Å². The molecule has 4 aliphatic rings. The molecule has 0 saturated heterocycles. The van der Waals surface area contributed by atoms with Crippen LogP contribution in [-0.2, 0) is 20.7 Å². The summed E-state index contributed by atoms with van der Waals surface area (Å²) in [5, 5.41) is 0. The molecule has 2 atom stereocenters. The molecule has 0 fully saturated rings. The molecule has 5 aromatic rings. The number of hydrogen-bond acceptors (Lipinski definition) is 8. The Kier molecular flexibility index (Phi) is 5.16. The lowest BCUT2D eigenvalue weighted by Crippen LogP contribution is -2.36. The predicted octanol–water partition coefficient (Wildman–Crippen LogP) is 6.95. The van der Waals surface area contributed by atoms with Gasteiger partial charge in [0.25, 0.3) is 0 Å². The third-order valence-electron chi connectivity index (χ3n) is 9.55. The average molecular weight is 609 g/mol. The minimum Gasteiger partial charge on any atom is -0.456 e. The summed E-state index contributed by atoms with van der Waals surface area (Å²) in [6.45, 7) is 0. The smallest absolute Gasteiger partial charge is 0.340 e. The van der Waals surface area contributed by atoms with Crippen LogP contribution in [0, 0.1) is 0 Å². The fourth-order valence-electron chi connectivity index (χ4n) is 7.37. The molecule has 0 bridgehead atoms. The maximum Gasteiger partial charge on any atom is 0.340 e. The Labute approximate surface area is 265 Å². The molecule has 2 unspecified atom stereocenters. The molecule has 8 heteroatoms. The van der Waals surface area contributed by atoms with E-state index in [-0.39, 0.29) is 0 Å². The van der Waals surface area contributed by atoms with E-state index in [1.54, 1.807) is 12.1 Å². The largest absolute Gasteiger partial charge is 0.456 e. The van der Waals surface area contributed by atoms with E-state index >= 15 is 0 Å². The summed E-state index contributed by atoms with van der Waals surface area (Å²) in [6.07, 6.45) is 0. The fraction of sp³-hybridized carbons (Fsp3) is 0.158. The maximum atomic E-state index is 13.6. The third kappa shape index (κ3) is 3.22. The van der Waals surface area contributed by atoms with Crippen LogP contribution in [0.15, 0.2) is 97.1 Å². The van der Waals surface area contributed by atoms with E-state index in [2.05, 4.69) is 0 Å². The highest BCUT2D eigenvalue weighted by atomic mass is 16.6. The summed E-state index contributed by atoms with van der Waals surface area (Å²) in [4.78, 5) is 31.1. The van der Waals surface area contributed by atoms with Gasteiger partial charge < -0.3 is 28.7 Å². The fourth-order valence-corrected chi connectivity index (χ4v) is 7.37. The molecule has 2 spiro atoms. The Morgan fingerprint density at radius 3 is 1.30 bits per heavy atom. The summed E-state index contributed by atoms with van der Waals surface area (Å²) in [7, 11) is 7.85. The molecule has 4 heterocycles. The van der Waals surface area contributed by atoms with Crippen molar-refractivity contribution in [3.8, 4) is 23.0 Å². The Morgan fingerprint density at radius 1 is 0.457 bits per heavy atom. The van der Waals surface area contributed by atoms with Crippen LogP contribution < -0.4 is 19.3 Å². The zero-order valence-corrected chi connectivity index (χ0v) is 25.6. The standard InChI is InChI=1S/C38H28N2O6/c1-39(2)21-13-15-27-31(17-21)43-33-20-34-30(19-29(33)37(27)25-11-7-5-9-23(25)35(41)45-37)38(26-12-8-6-10-24(26)36(42)46-38)28-16-14-22(40(3)4)18-32(28)44-34/h5-20H,1-4H3. The van der Waals surface area contributed by atoms with E-state index in [1.807, 2.05) is 123 Å². The van der Waals surface area contributed by atoms with Crippen molar-refractivity contribution in [1.82, 2.24) is 0 Å². The number of nitrogens with zero attached hydrogens (tertiary/aromatic N) is 2. The SMILES string of the molecule is CN(C)c1ccc2c(c1)Oc1cc3c(cc1C21OC(=O)c2ccccc21)C1(OC(=O)c2ccccc21)c1ccc(N(C)C)cc1O3. The van der Waals surface area contributed by atoms with E-state index in [0.29, 0.717) is 67.5 Å². The second-order valence-corrected chi connectivity index (χ2v) is 12.4. The van der Waals surface area contributed by atoms with Gasteiger partial charge >= 0.3 is 11.9 Å². The van der Waals surface area contributed by atoms with Crippen molar-refractivity contribution in [1.29, 1.82) is 0 Å². The Morgan fingerprint density at radius 2 is 0.870 bits per heavy atom. The number of fused-ring (bicyclic) bond motifs is 12. The van der Waals surface area contributed by atoms with E-state index < -0.39 is 23.1 Å². The van der Waals surface area contributed by atoms with E-state index in [9.17, 15) is 9.59 Å². The van der Waals surface area contributed by atoms with Crippen LogP contribution >= 0.6 is 0 Å². The Balaban J connectivity index is 1.37. The number of hydrogen-bond donors (Lipinski definition) is 0. The summed E-state index contributed by atoms with van der Waals surface area (Å²) < 4.78 is 26.2. The monoisotopic (exact) mass is 608 g/mol. The van der Waals surface area contributed by atoms with E-state index in [4.69, 9.17) is 18.9 Å². The molecule has 0 aromatic heterocycles. The molecule has 5 aromatic carbocycles. The average Bonchev–Trinajstić information content (AvgIpc) is 3.52. The van der Waals surface area contributed by atoms with Crippen molar-refractivity contribution in [2.24, 2.45) is 0 Å². The van der Waals surface area contributed by atoms with Crippen molar-refractivity contribution in [3.05, 3.63) is 142 Å². The van der Waals surface area contributed by atoms with Crippen molar-refractivity contribution in [2.45, 2.75) is 11.2 Å². The van der Waals surface area contributed by atoms with Crippen molar-refractivity contribution in [3.63, 3.8) is 0 Å². The van der Waals surface area contributed by atoms with E-state index in [1.165, 1.54) is 0 Å². The second-order valence-electron chi connectivity index (χ2n) is 12.4. The molecule has 0 N–H and O–H groups in total. The zero-order valence-electron chi connectivity index (χ0n) is 25.6. The topological polar surface area (TPSA) is 77.5 Å². The van der Waals surface area contributed by atoms with Crippen molar-refractivity contribution in [2.75, 3.05) is 38.0 Å². The summed E-state index contributed by atoms with van der Waals surface area (Å²) in [6, 6.07) is 30.4. The van der Waals surface area contributed by atoms with Crippen LogP contribution in [0.2, 0.25) is 0 Å². The van der Waals surface area contributed by atoms with Crippen LogP contribution in [0.5, 0.6) is 23.0 Å². The maximum absolute atomic E-state index is 13.6. The van der Waals surface area contributed by atoms with Crippen molar-refractivity contribution >= 4 is 23.3 Å². The molecular weight excluding hydrogens is 580 g/mol. The number of carbonyl (C=O) groups excluding carboxylic acids is 2. The minimum absolute atomic E-state index is 0.422. The summed E-state index contributed by atoms with van der Waals surface area (Å²) in [5.74, 6) is 1.25. The van der Waals surface area contributed by atoms with Crippen molar-refractivity contribution < 1.29 is 28.5 Å². The highest BCUT2D eigenvalue weighted by molar-refractivity contribution is 5.98. The van der Waals surface area contributed by atoms with Gasteiger partial charge in [-0.25, -0.2) is 9.59 Å². The number of rotatable bonds is 2. The normalized spacial score (nSPS) is 20.7. The lowest BCUT2D eigenvalue weighted by atomic mass is 9.73. The first-order valence-corrected chi connectivity index (χ1v) is 15.1. The molecule has 8 nitrogen and oxygen atoms in total. The third-order valence-corrected chi connectivity index (χ3v) is 9.55. The van der Waals surface area contributed by atoms with Crippen LogP contribution in [0.3, 0.4) is 0 Å². The molecule has 0 amide bonds. The Bertz CT molecular complexity index is 2040. The van der Waals surface area contributed by atoms with Gasteiger partial charge in [-0.2, -0.15) is 0 Å². The quantitative estimate of drug-likeness (QED) is 0.199. The van der Waals surface area contributed by atoms with Gasteiger partial charge in [0.1, 0.15) is 23.0 Å². The molecule has 0 radical (unpaired) electrons. The molecule has 0 saturated carbocycles. The summed E-state index contributed by atoms with van der Waals surface area (Å²) in [5.41, 5.74) is 4.29. The van der Waals surface area contributed by atoms with Gasteiger partial charge in [-0.3, -0.25) is 0 Å². The zero-order chi connectivity index (χ0) is 31.5. The second kappa shape index (κ2) is 8.91. The van der Waals surface area contributed by atoms with Gasteiger partial charge in [-0.1, -0.05) is 36.4 Å². The highest BCUT2D eigenvalue weighted by Crippen LogP contribution is 2.62. The van der Waals surface area contributed by atoms with Gasteiger partial charge in [0.2, 0.25) is 0 Å². The predicted molar refractivity (Wildman–Crippen MR) is 172 cm³/mol. The minimum atomic E-state index is -1.31. The molecule has 9 rings (SSSR count). The van der Waals surface area contributed by atoms with Gasteiger partial charge in [-0.15, -0.1) is 0 Å². The lowest BCUT2D eigenvalue weighted by molar-refractivity contribution is 0.0208. The number of ether oxygens (including phenoxy) is 4. The van der Waals surface area contributed by atoms with Gasteiger partial charge in [0.05, 0.1) is 11.1 Å². The first kappa shape index (κ1) is 26.6. The highest BCUT2D eigenvalue weighted by Gasteiger charge is 2.58. The first-order valence-electron chi connectivity index (χ1n) is 15.1. The Hall–Kier alpha value is -5.76. The molecule has 4 aliphatic heterocycles. The number of benzene rings is 5. The molecule has 226 valence electrons.